The summed E-state index contributed by atoms with van der Waals surface area (Å²) in [5.41, 5.74) is 5.49. The van der Waals surface area contributed by atoms with Crippen molar-refractivity contribution in [2.45, 2.75) is 32.0 Å². The zero-order valence-corrected chi connectivity index (χ0v) is 20.9. The second kappa shape index (κ2) is 10.8. The smallest absolute Gasteiger partial charge is 0.168 e. The maximum atomic E-state index is 11.0. The number of nitrogens with one attached hydrogen (secondary N) is 2. The molecule has 0 saturated carbocycles. The SMILES string of the molecule is OC(Nc1ccc(N2CCOCC2)nc1)c1[nH]nc2ccc(-c3cncc(CN4CCCCC4)c3)cc12. The average molecular weight is 500 g/mol. The Morgan fingerprint density at radius 3 is 2.62 bits per heavy atom. The first-order chi connectivity index (χ1) is 18.2. The lowest BCUT2D eigenvalue weighted by atomic mass is 10.0. The number of fused-ring (bicyclic) bond motifs is 1. The summed E-state index contributed by atoms with van der Waals surface area (Å²) in [4.78, 5) is 13.8. The summed E-state index contributed by atoms with van der Waals surface area (Å²) in [5.74, 6) is 0.913. The molecule has 0 spiro atoms. The van der Waals surface area contributed by atoms with E-state index in [-0.39, 0.29) is 0 Å². The number of morpholine rings is 1. The second-order valence-corrected chi connectivity index (χ2v) is 9.84. The van der Waals surface area contributed by atoms with E-state index < -0.39 is 6.23 Å². The van der Waals surface area contributed by atoms with Gasteiger partial charge >= 0.3 is 0 Å². The Balaban J connectivity index is 1.19. The highest BCUT2D eigenvalue weighted by molar-refractivity contribution is 5.87. The topological polar surface area (TPSA) is 102 Å². The third kappa shape index (κ3) is 5.44. The largest absolute Gasteiger partial charge is 0.378 e. The van der Waals surface area contributed by atoms with Crippen molar-refractivity contribution in [1.82, 2.24) is 25.1 Å². The molecule has 1 aromatic carbocycles. The summed E-state index contributed by atoms with van der Waals surface area (Å²) < 4.78 is 5.42. The van der Waals surface area contributed by atoms with Gasteiger partial charge in [-0.15, -0.1) is 0 Å². The maximum absolute atomic E-state index is 11.0. The molecule has 2 aliphatic heterocycles. The number of rotatable bonds is 7. The van der Waals surface area contributed by atoms with Crippen molar-refractivity contribution in [3.63, 3.8) is 0 Å². The Hall–Kier alpha value is -3.53. The van der Waals surface area contributed by atoms with Crippen LogP contribution in [0.3, 0.4) is 0 Å². The maximum Gasteiger partial charge on any atom is 0.168 e. The van der Waals surface area contributed by atoms with Crippen molar-refractivity contribution in [3.05, 3.63) is 66.2 Å². The summed E-state index contributed by atoms with van der Waals surface area (Å²) in [6.45, 7) is 6.35. The van der Waals surface area contributed by atoms with Crippen molar-refractivity contribution in [1.29, 1.82) is 0 Å². The first kappa shape index (κ1) is 23.8. The van der Waals surface area contributed by atoms with Gasteiger partial charge in [0.2, 0.25) is 0 Å². The van der Waals surface area contributed by atoms with Crippen LogP contribution < -0.4 is 10.2 Å². The number of hydrogen-bond acceptors (Lipinski definition) is 8. The van der Waals surface area contributed by atoms with Gasteiger partial charge < -0.3 is 20.1 Å². The average Bonchev–Trinajstić information content (AvgIpc) is 3.38. The first-order valence-electron chi connectivity index (χ1n) is 13.1. The van der Waals surface area contributed by atoms with E-state index in [9.17, 15) is 5.11 Å². The van der Waals surface area contributed by atoms with Gasteiger partial charge in [0.1, 0.15) is 5.82 Å². The predicted octanol–water partition coefficient (Wildman–Crippen LogP) is 3.95. The molecule has 3 aromatic heterocycles. The van der Waals surface area contributed by atoms with Crippen LogP contribution >= 0.6 is 0 Å². The number of aliphatic hydroxyl groups excluding tert-OH is 1. The van der Waals surface area contributed by atoms with E-state index in [0.29, 0.717) is 18.9 Å². The molecule has 4 aromatic rings. The molecule has 6 rings (SSSR count). The molecular weight excluding hydrogens is 466 g/mol. The van der Waals surface area contributed by atoms with E-state index in [1.807, 2.05) is 30.6 Å². The number of hydrogen-bond donors (Lipinski definition) is 3. The Morgan fingerprint density at radius 2 is 1.81 bits per heavy atom. The zero-order chi connectivity index (χ0) is 25.0. The summed E-state index contributed by atoms with van der Waals surface area (Å²) in [6.07, 6.45) is 8.54. The standard InChI is InChI=1S/C28H33N7O2/c36-28(31-23-5-7-26(30-18-23)35-10-12-37-13-11-35)27-24-15-21(4-6-25(24)32-33-27)22-14-20(16-29-17-22)19-34-8-2-1-3-9-34/h4-7,14-18,28,31,36H,1-3,8-13,19H2,(H,32,33). The highest BCUT2D eigenvalue weighted by Crippen LogP contribution is 2.29. The van der Waals surface area contributed by atoms with Gasteiger partial charge in [0.25, 0.3) is 0 Å². The Kier molecular flexibility index (Phi) is 6.98. The summed E-state index contributed by atoms with van der Waals surface area (Å²) >= 11 is 0. The molecule has 1 unspecified atom stereocenters. The Labute approximate surface area is 216 Å². The van der Waals surface area contributed by atoms with Gasteiger partial charge in [-0.2, -0.15) is 5.10 Å². The lowest BCUT2D eigenvalue weighted by Gasteiger charge is -2.27. The van der Waals surface area contributed by atoms with Crippen LogP contribution in [0.5, 0.6) is 0 Å². The van der Waals surface area contributed by atoms with Crippen molar-refractivity contribution >= 4 is 22.4 Å². The molecule has 2 aliphatic rings. The summed E-state index contributed by atoms with van der Waals surface area (Å²) in [6, 6.07) is 12.2. The minimum atomic E-state index is -0.958. The number of likely N-dealkylation sites (tertiary alicyclic amines) is 1. The van der Waals surface area contributed by atoms with E-state index >= 15 is 0 Å². The van der Waals surface area contributed by atoms with Gasteiger partial charge in [0, 0.05) is 43.0 Å². The molecule has 37 heavy (non-hydrogen) atoms. The predicted molar refractivity (Wildman–Crippen MR) is 144 cm³/mol. The molecule has 5 heterocycles. The highest BCUT2D eigenvalue weighted by atomic mass is 16.5. The van der Waals surface area contributed by atoms with Gasteiger partial charge in [-0.3, -0.25) is 15.0 Å². The number of aromatic amines is 1. The van der Waals surface area contributed by atoms with Crippen molar-refractivity contribution in [2.75, 3.05) is 49.6 Å². The van der Waals surface area contributed by atoms with E-state index in [0.717, 1.165) is 66.3 Å². The Bertz CT molecular complexity index is 1330. The van der Waals surface area contributed by atoms with Crippen molar-refractivity contribution in [2.24, 2.45) is 0 Å². The van der Waals surface area contributed by atoms with Gasteiger partial charge in [-0.25, -0.2) is 4.98 Å². The van der Waals surface area contributed by atoms with E-state index in [2.05, 4.69) is 53.5 Å². The molecular formula is C28H33N7O2. The molecule has 9 nitrogen and oxygen atoms in total. The number of ether oxygens (including phenoxy) is 1. The van der Waals surface area contributed by atoms with Crippen LogP contribution in [-0.4, -0.2) is 69.6 Å². The van der Waals surface area contributed by atoms with Crippen molar-refractivity contribution in [3.8, 4) is 11.1 Å². The van der Waals surface area contributed by atoms with Crippen LogP contribution in [0, 0.1) is 0 Å². The fourth-order valence-corrected chi connectivity index (χ4v) is 5.21. The van der Waals surface area contributed by atoms with Gasteiger partial charge in [0.15, 0.2) is 6.23 Å². The van der Waals surface area contributed by atoms with Gasteiger partial charge in [0.05, 0.1) is 36.3 Å². The fraction of sp³-hybridized carbons (Fsp3) is 0.393. The van der Waals surface area contributed by atoms with Crippen LogP contribution in [0.1, 0.15) is 36.7 Å². The van der Waals surface area contributed by atoms with Crippen LogP contribution in [0.25, 0.3) is 22.0 Å². The number of aliphatic hydroxyl groups is 1. The monoisotopic (exact) mass is 499 g/mol. The number of piperidine rings is 1. The van der Waals surface area contributed by atoms with E-state index in [4.69, 9.17) is 4.74 Å². The number of anilines is 2. The molecule has 1 atom stereocenters. The summed E-state index contributed by atoms with van der Waals surface area (Å²) in [7, 11) is 0. The summed E-state index contributed by atoms with van der Waals surface area (Å²) in [5, 5.41) is 22.4. The molecule has 2 fully saturated rings. The van der Waals surface area contributed by atoms with E-state index in [1.54, 1.807) is 6.20 Å². The van der Waals surface area contributed by atoms with Crippen molar-refractivity contribution < 1.29 is 9.84 Å². The molecule has 2 saturated heterocycles. The number of aromatic nitrogens is 4. The second-order valence-electron chi connectivity index (χ2n) is 9.84. The van der Waals surface area contributed by atoms with E-state index in [1.165, 1.54) is 24.8 Å². The Morgan fingerprint density at radius 1 is 0.946 bits per heavy atom. The van der Waals surface area contributed by atoms with Gasteiger partial charge in [-0.05, 0) is 67.4 Å². The first-order valence-corrected chi connectivity index (χ1v) is 13.1. The van der Waals surface area contributed by atoms with Crippen LogP contribution in [0.4, 0.5) is 11.5 Å². The molecule has 0 bridgehead atoms. The fourth-order valence-electron chi connectivity index (χ4n) is 5.21. The normalized spacial score (nSPS) is 17.7. The molecule has 0 aliphatic carbocycles. The lowest BCUT2D eigenvalue weighted by molar-refractivity contribution is 0.122. The minimum Gasteiger partial charge on any atom is -0.378 e. The van der Waals surface area contributed by atoms with Crippen LogP contribution in [0.2, 0.25) is 0 Å². The van der Waals surface area contributed by atoms with Crippen LogP contribution in [0.15, 0.2) is 55.0 Å². The number of benzene rings is 1. The molecule has 3 N–H and O–H groups in total. The molecule has 0 radical (unpaired) electrons. The number of pyridine rings is 2. The highest BCUT2D eigenvalue weighted by Gasteiger charge is 2.17. The van der Waals surface area contributed by atoms with Gasteiger partial charge in [-0.1, -0.05) is 12.5 Å². The lowest BCUT2D eigenvalue weighted by Crippen LogP contribution is -2.36. The number of H-pyrrole nitrogens is 1. The third-order valence-corrected chi connectivity index (χ3v) is 7.23. The molecule has 192 valence electrons. The molecule has 9 heteroatoms. The quantitative estimate of drug-likeness (QED) is 0.329. The van der Waals surface area contributed by atoms with Crippen LogP contribution in [-0.2, 0) is 11.3 Å². The molecule has 0 amide bonds. The third-order valence-electron chi connectivity index (χ3n) is 7.23. The minimum absolute atomic E-state index is 0.617. The zero-order valence-electron chi connectivity index (χ0n) is 20.9. The number of nitrogens with zero attached hydrogens (tertiary/aromatic N) is 5.